The van der Waals surface area contributed by atoms with Gasteiger partial charge >= 0.3 is 0 Å². The number of benzene rings is 2. The van der Waals surface area contributed by atoms with E-state index in [9.17, 15) is 4.39 Å². The predicted molar refractivity (Wildman–Crippen MR) is 110 cm³/mol. The van der Waals surface area contributed by atoms with Crippen LogP contribution in [0.25, 0.3) is 10.9 Å². The van der Waals surface area contributed by atoms with E-state index < -0.39 is 0 Å². The molecular formula is C22H25ClFN3O. The number of H-pyrrole nitrogens is 1. The molecule has 1 aromatic heterocycles. The molecule has 0 amide bonds. The molecule has 0 bridgehead atoms. The maximum Gasteiger partial charge on any atom is 0.123 e. The summed E-state index contributed by atoms with van der Waals surface area (Å²) in [4.78, 5) is 2.33. The summed E-state index contributed by atoms with van der Waals surface area (Å²) in [6.45, 7) is 5.02. The van der Waals surface area contributed by atoms with Crippen molar-refractivity contribution < 1.29 is 9.13 Å². The van der Waals surface area contributed by atoms with Crippen molar-refractivity contribution in [1.29, 1.82) is 0 Å². The quantitative estimate of drug-likeness (QED) is 0.664. The average molecular weight is 402 g/mol. The lowest BCUT2D eigenvalue weighted by Crippen LogP contribution is -2.43. The smallest absolute Gasteiger partial charge is 0.123 e. The molecule has 6 heteroatoms. The topological polar surface area (TPSA) is 41.1 Å². The first-order chi connectivity index (χ1) is 13.5. The third-order valence-electron chi connectivity index (χ3n) is 5.93. The number of rotatable bonds is 5. The van der Waals surface area contributed by atoms with Crippen molar-refractivity contribution in [3.05, 3.63) is 64.1 Å². The van der Waals surface area contributed by atoms with Gasteiger partial charge in [0.25, 0.3) is 0 Å². The van der Waals surface area contributed by atoms with Gasteiger partial charge in [0.1, 0.15) is 5.82 Å². The number of halogens is 2. The van der Waals surface area contributed by atoms with Crippen LogP contribution in [0.3, 0.4) is 0 Å². The molecular weight excluding hydrogens is 377 g/mol. The Balaban J connectivity index is 1.55. The van der Waals surface area contributed by atoms with Gasteiger partial charge in [0.2, 0.25) is 0 Å². The molecule has 1 aliphatic rings. The number of fused-ring (bicyclic) bond motifs is 1. The average Bonchev–Trinajstić information content (AvgIpc) is 3.05. The molecule has 0 atom stereocenters. The molecule has 1 fully saturated rings. The highest BCUT2D eigenvalue weighted by molar-refractivity contribution is 6.31. The fourth-order valence-electron chi connectivity index (χ4n) is 4.11. The van der Waals surface area contributed by atoms with Crippen molar-refractivity contribution in [3.8, 4) is 0 Å². The Morgan fingerprint density at radius 1 is 1.21 bits per heavy atom. The zero-order valence-electron chi connectivity index (χ0n) is 16.3. The van der Waals surface area contributed by atoms with Crippen LogP contribution in [0, 0.1) is 12.7 Å². The lowest BCUT2D eigenvalue weighted by molar-refractivity contribution is 0.0411. The summed E-state index contributed by atoms with van der Waals surface area (Å²) in [6, 6.07) is 10.7. The minimum absolute atomic E-state index is 0.0978. The van der Waals surface area contributed by atoms with Gasteiger partial charge in [-0.25, -0.2) is 4.39 Å². The minimum atomic E-state index is -0.206. The van der Waals surface area contributed by atoms with Crippen LogP contribution in [-0.2, 0) is 16.8 Å². The van der Waals surface area contributed by atoms with Crippen LogP contribution in [0.2, 0.25) is 5.02 Å². The second-order valence-electron chi connectivity index (χ2n) is 7.89. The summed E-state index contributed by atoms with van der Waals surface area (Å²) in [5, 5.41) is 9.14. The normalized spacial score (nSPS) is 17.3. The van der Waals surface area contributed by atoms with Gasteiger partial charge in [0, 0.05) is 27.1 Å². The fourth-order valence-corrected chi connectivity index (χ4v) is 4.35. The summed E-state index contributed by atoms with van der Waals surface area (Å²) in [5.74, 6) is -0.206. The zero-order valence-corrected chi connectivity index (χ0v) is 17.0. The summed E-state index contributed by atoms with van der Waals surface area (Å²) in [6.07, 6.45) is 1.98. The third kappa shape index (κ3) is 3.79. The van der Waals surface area contributed by atoms with Gasteiger partial charge in [0.15, 0.2) is 0 Å². The van der Waals surface area contributed by atoms with Gasteiger partial charge in [-0.2, -0.15) is 5.10 Å². The molecule has 0 unspecified atom stereocenters. The van der Waals surface area contributed by atoms with Crippen LogP contribution in [-0.4, -0.2) is 41.8 Å². The molecule has 2 aromatic carbocycles. The molecule has 28 heavy (non-hydrogen) atoms. The van der Waals surface area contributed by atoms with Crippen molar-refractivity contribution in [2.75, 3.05) is 26.7 Å². The lowest BCUT2D eigenvalue weighted by atomic mass is 9.73. The Labute approximate surface area is 169 Å². The molecule has 148 valence electrons. The van der Waals surface area contributed by atoms with E-state index in [-0.39, 0.29) is 11.2 Å². The Morgan fingerprint density at radius 2 is 1.93 bits per heavy atom. The molecule has 2 heterocycles. The Kier molecular flexibility index (Phi) is 5.41. The van der Waals surface area contributed by atoms with Crippen LogP contribution in [0.5, 0.6) is 0 Å². The van der Waals surface area contributed by atoms with Gasteiger partial charge < -0.3 is 9.64 Å². The number of nitrogens with zero attached hydrogens (tertiary/aromatic N) is 2. The maximum absolute atomic E-state index is 13.4. The molecule has 4 nitrogen and oxygen atoms in total. The summed E-state index contributed by atoms with van der Waals surface area (Å²) < 4.78 is 19.7. The molecule has 1 aliphatic heterocycles. The zero-order chi connectivity index (χ0) is 19.7. The van der Waals surface area contributed by atoms with E-state index in [1.54, 1.807) is 12.1 Å². The van der Waals surface area contributed by atoms with Crippen molar-refractivity contribution in [2.24, 2.45) is 0 Å². The van der Waals surface area contributed by atoms with E-state index in [0.29, 0.717) is 18.2 Å². The molecule has 0 radical (unpaired) electrons. The highest BCUT2D eigenvalue weighted by Crippen LogP contribution is 2.36. The van der Waals surface area contributed by atoms with Gasteiger partial charge in [0.05, 0.1) is 18.7 Å². The fraction of sp³-hybridized carbons (Fsp3) is 0.409. The number of likely N-dealkylation sites (tertiary alicyclic amines) is 1. The first-order valence-corrected chi connectivity index (χ1v) is 10.0. The second kappa shape index (κ2) is 7.82. The largest absolute Gasteiger partial charge is 0.376 e. The Bertz CT molecular complexity index is 962. The van der Waals surface area contributed by atoms with Crippen molar-refractivity contribution in [3.63, 3.8) is 0 Å². The van der Waals surface area contributed by atoms with Crippen LogP contribution < -0.4 is 0 Å². The number of piperidine rings is 1. The molecule has 0 saturated carbocycles. The highest BCUT2D eigenvalue weighted by Gasteiger charge is 2.35. The van der Waals surface area contributed by atoms with E-state index >= 15 is 0 Å². The van der Waals surface area contributed by atoms with E-state index in [4.69, 9.17) is 16.3 Å². The number of aromatic nitrogens is 2. The van der Waals surface area contributed by atoms with E-state index in [1.165, 1.54) is 0 Å². The van der Waals surface area contributed by atoms with Gasteiger partial charge in [-0.1, -0.05) is 23.7 Å². The minimum Gasteiger partial charge on any atom is -0.376 e. The van der Waals surface area contributed by atoms with Crippen LogP contribution in [0.4, 0.5) is 4.39 Å². The van der Waals surface area contributed by atoms with Crippen LogP contribution in [0.1, 0.15) is 29.7 Å². The summed E-state index contributed by atoms with van der Waals surface area (Å²) in [5.41, 5.74) is 3.93. The molecule has 3 aromatic rings. The van der Waals surface area contributed by atoms with Crippen molar-refractivity contribution >= 4 is 22.5 Å². The Hall–Kier alpha value is -1.95. The van der Waals surface area contributed by atoms with Crippen molar-refractivity contribution in [2.45, 2.75) is 31.8 Å². The number of aryl methyl sites for hydroxylation is 1. The number of nitrogens with one attached hydrogen (secondary N) is 1. The molecule has 1 N–H and O–H groups in total. The lowest BCUT2D eigenvalue weighted by Gasteiger charge is -2.41. The Morgan fingerprint density at radius 3 is 2.64 bits per heavy atom. The summed E-state index contributed by atoms with van der Waals surface area (Å²) in [7, 11) is 2.14. The maximum atomic E-state index is 13.4. The molecule has 0 spiro atoms. The molecule has 0 aliphatic carbocycles. The molecule has 4 rings (SSSR count). The highest BCUT2D eigenvalue weighted by atomic mass is 35.5. The first kappa shape index (κ1) is 19.4. The molecule has 1 saturated heterocycles. The van der Waals surface area contributed by atoms with E-state index in [1.807, 2.05) is 31.2 Å². The van der Waals surface area contributed by atoms with Crippen LogP contribution >= 0.6 is 11.6 Å². The van der Waals surface area contributed by atoms with Gasteiger partial charge in [-0.3, -0.25) is 5.10 Å². The summed E-state index contributed by atoms with van der Waals surface area (Å²) >= 11 is 6.30. The number of hydrogen-bond acceptors (Lipinski definition) is 3. The predicted octanol–water partition coefficient (Wildman–Crippen LogP) is 4.84. The monoisotopic (exact) mass is 401 g/mol. The van der Waals surface area contributed by atoms with E-state index in [2.05, 4.69) is 22.1 Å². The number of aromatic amines is 1. The number of ether oxygens (including phenoxy) is 1. The third-order valence-corrected chi connectivity index (χ3v) is 6.15. The van der Waals surface area contributed by atoms with E-state index in [0.717, 1.165) is 53.7 Å². The standard InChI is InChI=1S/C22H25ClFN3O/c1-15-20-12-18(23)11-16(21(20)26-25-15)13-28-14-22(7-9-27(2)10-8-22)17-3-5-19(24)6-4-17/h3-6,11-12H,7-10,13-14H2,1-2H3,(H,25,26). The second-order valence-corrected chi connectivity index (χ2v) is 8.33. The first-order valence-electron chi connectivity index (χ1n) is 9.62. The van der Waals surface area contributed by atoms with Gasteiger partial charge in [-0.15, -0.1) is 0 Å². The van der Waals surface area contributed by atoms with Crippen LogP contribution in [0.15, 0.2) is 36.4 Å². The van der Waals surface area contributed by atoms with Gasteiger partial charge in [-0.05, 0) is 69.7 Å². The SMILES string of the molecule is Cc1[nH]nc2c(COCC3(c4ccc(F)cc4)CCN(C)CC3)cc(Cl)cc12. The number of hydrogen-bond donors (Lipinski definition) is 1. The van der Waals surface area contributed by atoms with Crippen molar-refractivity contribution in [1.82, 2.24) is 15.1 Å².